The number of fused-ring (bicyclic) bond motifs is 1. The fraction of sp³-hybridized carbons (Fsp3) is 0.0714. The van der Waals surface area contributed by atoms with Crippen LogP contribution in [-0.4, -0.2) is 10.9 Å². The SMILES string of the molecule is NC1=NC(c2ccc(O)cc2)Nc2cccc(F)c21. The van der Waals surface area contributed by atoms with E-state index in [1.165, 1.54) is 6.07 Å². The highest BCUT2D eigenvalue weighted by Crippen LogP contribution is 2.30. The number of aromatic hydroxyl groups is 1. The lowest BCUT2D eigenvalue weighted by Gasteiger charge is -2.24. The molecule has 0 aromatic heterocycles. The van der Waals surface area contributed by atoms with Gasteiger partial charge in [0.05, 0.1) is 5.56 Å². The normalized spacial score (nSPS) is 17.3. The molecule has 1 aliphatic rings. The predicted molar refractivity (Wildman–Crippen MR) is 71.6 cm³/mol. The highest BCUT2D eigenvalue weighted by atomic mass is 19.1. The minimum Gasteiger partial charge on any atom is -0.508 e. The first-order valence-electron chi connectivity index (χ1n) is 5.83. The molecule has 3 rings (SSSR count). The lowest BCUT2D eigenvalue weighted by atomic mass is 10.1. The number of benzene rings is 2. The Kier molecular flexibility index (Phi) is 2.59. The second-order valence-electron chi connectivity index (χ2n) is 4.32. The topological polar surface area (TPSA) is 70.6 Å². The van der Waals surface area contributed by atoms with E-state index in [1.807, 2.05) is 0 Å². The Bertz CT molecular complexity index is 652. The molecule has 1 unspecified atom stereocenters. The van der Waals surface area contributed by atoms with E-state index in [9.17, 15) is 9.50 Å². The van der Waals surface area contributed by atoms with Crippen molar-refractivity contribution in [3.63, 3.8) is 0 Å². The molecule has 0 amide bonds. The molecule has 0 saturated carbocycles. The molecular weight excluding hydrogens is 245 g/mol. The Morgan fingerprint density at radius 1 is 1.16 bits per heavy atom. The Morgan fingerprint density at radius 2 is 1.89 bits per heavy atom. The van der Waals surface area contributed by atoms with Gasteiger partial charge in [-0.2, -0.15) is 0 Å². The van der Waals surface area contributed by atoms with E-state index in [1.54, 1.807) is 36.4 Å². The van der Waals surface area contributed by atoms with Gasteiger partial charge in [-0.25, -0.2) is 9.38 Å². The number of nitrogens with zero attached hydrogens (tertiary/aromatic N) is 1. The van der Waals surface area contributed by atoms with Crippen molar-refractivity contribution in [2.75, 3.05) is 5.32 Å². The van der Waals surface area contributed by atoms with Gasteiger partial charge in [-0.05, 0) is 29.8 Å². The average molecular weight is 257 g/mol. The van der Waals surface area contributed by atoms with Crippen LogP contribution in [0.2, 0.25) is 0 Å². The fourth-order valence-corrected chi connectivity index (χ4v) is 2.10. The predicted octanol–water partition coefficient (Wildman–Crippen LogP) is 2.36. The van der Waals surface area contributed by atoms with Gasteiger partial charge >= 0.3 is 0 Å². The van der Waals surface area contributed by atoms with Gasteiger partial charge in [-0.3, -0.25) is 0 Å². The van der Waals surface area contributed by atoms with Crippen LogP contribution in [0.4, 0.5) is 10.1 Å². The van der Waals surface area contributed by atoms with Crippen molar-refractivity contribution in [3.8, 4) is 5.75 Å². The maximum Gasteiger partial charge on any atom is 0.147 e. The van der Waals surface area contributed by atoms with E-state index in [4.69, 9.17) is 5.73 Å². The van der Waals surface area contributed by atoms with Crippen LogP contribution in [0.5, 0.6) is 5.75 Å². The summed E-state index contributed by atoms with van der Waals surface area (Å²) in [5, 5.41) is 12.4. The van der Waals surface area contributed by atoms with Crippen molar-refractivity contribution < 1.29 is 9.50 Å². The monoisotopic (exact) mass is 257 g/mol. The minimum atomic E-state index is -0.393. The van der Waals surface area contributed by atoms with Gasteiger partial charge in [0.1, 0.15) is 23.6 Å². The number of nitrogens with one attached hydrogen (secondary N) is 1. The lowest BCUT2D eigenvalue weighted by Crippen LogP contribution is -2.26. The standard InChI is InChI=1S/C14H12FN3O/c15-10-2-1-3-11-12(10)13(16)18-14(17-11)8-4-6-9(19)7-5-8/h1-7,14,17,19H,(H2,16,18). The van der Waals surface area contributed by atoms with Crippen molar-refractivity contribution in [3.05, 3.63) is 59.4 Å². The van der Waals surface area contributed by atoms with Gasteiger partial charge in [0, 0.05) is 5.69 Å². The van der Waals surface area contributed by atoms with Crippen LogP contribution in [0.15, 0.2) is 47.5 Å². The van der Waals surface area contributed by atoms with E-state index in [2.05, 4.69) is 10.3 Å². The number of hydrogen-bond acceptors (Lipinski definition) is 4. The maximum atomic E-state index is 13.7. The second kappa shape index (κ2) is 4.28. The summed E-state index contributed by atoms with van der Waals surface area (Å²) < 4.78 is 13.7. The van der Waals surface area contributed by atoms with Crippen LogP contribution in [0.25, 0.3) is 0 Å². The van der Waals surface area contributed by atoms with Gasteiger partial charge in [0.15, 0.2) is 0 Å². The number of phenolic OH excluding ortho intramolecular Hbond substituents is 1. The zero-order chi connectivity index (χ0) is 13.4. The van der Waals surface area contributed by atoms with E-state index >= 15 is 0 Å². The summed E-state index contributed by atoms with van der Waals surface area (Å²) in [5.41, 5.74) is 7.59. The molecule has 0 bridgehead atoms. The van der Waals surface area contributed by atoms with Crippen LogP contribution in [-0.2, 0) is 0 Å². The molecule has 4 nitrogen and oxygen atoms in total. The first-order valence-corrected chi connectivity index (χ1v) is 5.83. The summed E-state index contributed by atoms with van der Waals surface area (Å²) in [6, 6.07) is 11.4. The minimum absolute atomic E-state index is 0.171. The zero-order valence-electron chi connectivity index (χ0n) is 9.97. The number of hydrogen-bond donors (Lipinski definition) is 3. The Labute approximate surface area is 109 Å². The first kappa shape index (κ1) is 11.5. The Hall–Kier alpha value is -2.56. The third-order valence-electron chi connectivity index (χ3n) is 3.04. The number of phenols is 1. The van der Waals surface area contributed by atoms with E-state index in [0.717, 1.165) is 5.56 Å². The van der Waals surface area contributed by atoms with Crippen LogP contribution in [0, 0.1) is 5.82 Å². The summed E-state index contributed by atoms with van der Waals surface area (Å²) in [5.74, 6) is -0.0386. The summed E-state index contributed by atoms with van der Waals surface area (Å²) in [4.78, 5) is 4.25. The zero-order valence-corrected chi connectivity index (χ0v) is 9.97. The van der Waals surface area contributed by atoms with Crippen molar-refractivity contribution in [2.45, 2.75) is 6.17 Å². The summed E-state index contributed by atoms with van der Waals surface area (Å²) >= 11 is 0. The third-order valence-corrected chi connectivity index (χ3v) is 3.04. The van der Waals surface area contributed by atoms with Crippen LogP contribution >= 0.6 is 0 Å². The molecule has 0 saturated heterocycles. The summed E-state index contributed by atoms with van der Waals surface area (Å²) in [6.07, 6.45) is -0.380. The van der Waals surface area contributed by atoms with Crippen LogP contribution < -0.4 is 11.1 Å². The number of nitrogens with two attached hydrogens (primary N) is 1. The molecule has 19 heavy (non-hydrogen) atoms. The van der Waals surface area contributed by atoms with Crippen molar-refractivity contribution in [1.82, 2.24) is 0 Å². The second-order valence-corrected chi connectivity index (χ2v) is 4.32. The van der Waals surface area contributed by atoms with Gasteiger partial charge in [0.2, 0.25) is 0 Å². The van der Waals surface area contributed by atoms with Crippen molar-refractivity contribution in [1.29, 1.82) is 0 Å². The number of anilines is 1. The number of rotatable bonds is 1. The largest absolute Gasteiger partial charge is 0.508 e. The van der Waals surface area contributed by atoms with Crippen LogP contribution in [0.3, 0.4) is 0 Å². The molecule has 2 aromatic rings. The lowest BCUT2D eigenvalue weighted by molar-refractivity contribution is 0.475. The molecule has 1 aliphatic heterocycles. The molecule has 4 N–H and O–H groups in total. The van der Waals surface area contributed by atoms with E-state index < -0.39 is 5.82 Å². The average Bonchev–Trinajstić information content (AvgIpc) is 2.39. The number of amidine groups is 1. The maximum absolute atomic E-state index is 13.7. The Balaban J connectivity index is 2.02. The number of aliphatic imine (C=N–C) groups is 1. The molecule has 2 aromatic carbocycles. The van der Waals surface area contributed by atoms with E-state index in [-0.39, 0.29) is 17.8 Å². The first-order chi connectivity index (χ1) is 9.15. The highest BCUT2D eigenvalue weighted by molar-refractivity contribution is 6.04. The molecule has 1 heterocycles. The van der Waals surface area contributed by atoms with Crippen LogP contribution in [0.1, 0.15) is 17.3 Å². The van der Waals surface area contributed by atoms with Gasteiger partial charge in [-0.1, -0.05) is 18.2 Å². The quantitative estimate of drug-likeness (QED) is 0.734. The molecule has 1 atom stereocenters. The molecule has 0 radical (unpaired) electrons. The van der Waals surface area contributed by atoms with Gasteiger partial charge < -0.3 is 16.2 Å². The molecule has 96 valence electrons. The third kappa shape index (κ3) is 1.99. The molecule has 5 heteroatoms. The van der Waals surface area contributed by atoms with Gasteiger partial charge in [-0.15, -0.1) is 0 Å². The number of halogens is 1. The smallest absolute Gasteiger partial charge is 0.147 e. The van der Waals surface area contributed by atoms with Crippen molar-refractivity contribution in [2.24, 2.45) is 10.7 Å². The summed E-state index contributed by atoms with van der Waals surface area (Å²) in [6.45, 7) is 0. The molecule has 0 fully saturated rings. The summed E-state index contributed by atoms with van der Waals surface area (Å²) in [7, 11) is 0. The molecular formula is C14H12FN3O. The highest BCUT2D eigenvalue weighted by Gasteiger charge is 2.22. The van der Waals surface area contributed by atoms with E-state index in [0.29, 0.717) is 11.3 Å². The van der Waals surface area contributed by atoms with Gasteiger partial charge in [0.25, 0.3) is 0 Å². The van der Waals surface area contributed by atoms with Crippen molar-refractivity contribution >= 4 is 11.5 Å². The fourth-order valence-electron chi connectivity index (χ4n) is 2.10. The Morgan fingerprint density at radius 3 is 2.63 bits per heavy atom. The molecule has 0 aliphatic carbocycles. The molecule has 0 spiro atoms.